The Hall–Kier alpha value is -1.72. The summed E-state index contributed by atoms with van der Waals surface area (Å²) in [6.07, 6.45) is -3.65. The van der Waals surface area contributed by atoms with E-state index in [0.717, 1.165) is 18.6 Å². The third-order valence-electron chi connectivity index (χ3n) is 2.83. The van der Waals surface area contributed by atoms with Gasteiger partial charge in [0.25, 0.3) is 5.91 Å². The molecule has 2 N–H and O–H groups in total. The predicted molar refractivity (Wildman–Crippen MR) is 77.4 cm³/mol. The fourth-order valence-corrected chi connectivity index (χ4v) is 1.71. The fraction of sp³-hybridized carbons (Fsp3) is 0.533. The van der Waals surface area contributed by atoms with Crippen LogP contribution in [-0.2, 0) is 6.18 Å². The van der Waals surface area contributed by atoms with Crippen molar-refractivity contribution in [3.05, 3.63) is 29.3 Å². The van der Waals surface area contributed by atoms with E-state index in [9.17, 15) is 18.0 Å². The number of anilines is 1. The van der Waals surface area contributed by atoms with E-state index in [2.05, 4.69) is 10.6 Å². The molecule has 0 heterocycles. The van der Waals surface area contributed by atoms with Crippen LogP contribution in [0.25, 0.3) is 0 Å². The highest BCUT2D eigenvalue weighted by molar-refractivity contribution is 5.99. The van der Waals surface area contributed by atoms with Gasteiger partial charge in [-0.2, -0.15) is 13.2 Å². The van der Waals surface area contributed by atoms with Gasteiger partial charge < -0.3 is 10.6 Å². The molecule has 0 atom stereocenters. The van der Waals surface area contributed by atoms with Crippen molar-refractivity contribution in [2.75, 3.05) is 18.4 Å². The molecule has 0 aliphatic rings. The van der Waals surface area contributed by atoms with E-state index in [4.69, 9.17) is 0 Å². The molecule has 0 radical (unpaired) electrons. The van der Waals surface area contributed by atoms with Gasteiger partial charge in [0.1, 0.15) is 0 Å². The van der Waals surface area contributed by atoms with Crippen molar-refractivity contribution in [1.82, 2.24) is 5.32 Å². The molecule has 1 aromatic carbocycles. The number of carbonyl (C=O) groups excluding carboxylic acids is 1. The lowest BCUT2D eigenvalue weighted by molar-refractivity contribution is -0.137. The van der Waals surface area contributed by atoms with Crippen LogP contribution in [0.5, 0.6) is 0 Å². The Morgan fingerprint density at radius 2 is 1.95 bits per heavy atom. The molecule has 1 rings (SSSR count). The molecule has 1 amide bonds. The van der Waals surface area contributed by atoms with Crippen LogP contribution in [0.4, 0.5) is 18.9 Å². The van der Waals surface area contributed by atoms with Gasteiger partial charge in [0, 0.05) is 18.8 Å². The lowest BCUT2D eigenvalue weighted by Gasteiger charge is -2.15. The number of nitrogens with one attached hydrogen (secondary N) is 2. The maximum Gasteiger partial charge on any atom is 0.416 e. The van der Waals surface area contributed by atoms with Crippen molar-refractivity contribution in [3.8, 4) is 0 Å². The largest absolute Gasteiger partial charge is 0.416 e. The minimum absolute atomic E-state index is 0.0268. The van der Waals surface area contributed by atoms with Crippen molar-refractivity contribution in [1.29, 1.82) is 0 Å². The van der Waals surface area contributed by atoms with Gasteiger partial charge in [0.15, 0.2) is 0 Å². The minimum atomic E-state index is -4.46. The molecule has 0 saturated carbocycles. The van der Waals surface area contributed by atoms with Gasteiger partial charge in [-0.1, -0.05) is 20.8 Å². The van der Waals surface area contributed by atoms with Gasteiger partial charge in [0.05, 0.1) is 11.1 Å². The zero-order valence-corrected chi connectivity index (χ0v) is 12.5. The summed E-state index contributed by atoms with van der Waals surface area (Å²) in [4.78, 5) is 12.1. The van der Waals surface area contributed by atoms with Gasteiger partial charge in [-0.3, -0.25) is 4.79 Å². The Morgan fingerprint density at radius 1 is 1.29 bits per heavy atom. The quantitative estimate of drug-likeness (QED) is 0.836. The Morgan fingerprint density at radius 3 is 2.48 bits per heavy atom. The van der Waals surface area contributed by atoms with Gasteiger partial charge in [-0.05, 0) is 30.5 Å². The van der Waals surface area contributed by atoms with E-state index in [1.165, 1.54) is 6.07 Å². The predicted octanol–water partition coefficient (Wildman–Crippen LogP) is 3.91. The zero-order valence-electron chi connectivity index (χ0n) is 12.5. The summed E-state index contributed by atoms with van der Waals surface area (Å²) in [6.45, 7) is 6.79. The molecule has 0 unspecified atom stereocenters. The highest BCUT2D eigenvalue weighted by Gasteiger charge is 2.31. The normalized spacial score (nSPS) is 11.6. The van der Waals surface area contributed by atoms with Gasteiger partial charge >= 0.3 is 6.18 Å². The third kappa shape index (κ3) is 5.28. The molecule has 0 fully saturated rings. The molecule has 0 bridgehead atoms. The van der Waals surface area contributed by atoms with Crippen molar-refractivity contribution in [2.45, 2.75) is 33.4 Å². The Kier molecular flexibility index (Phi) is 6.05. The van der Waals surface area contributed by atoms with Crippen molar-refractivity contribution < 1.29 is 18.0 Å². The number of benzene rings is 1. The van der Waals surface area contributed by atoms with E-state index >= 15 is 0 Å². The third-order valence-corrected chi connectivity index (χ3v) is 2.83. The molecule has 6 heteroatoms. The van der Waals surface area contributed by atoms with Crippen LogP contribution in [0.15, 0.2) is 18.2 Å². The molecule has 21 heavy (non-hydrogen) atoms. The standard InChI is InChI=1S/C15H21F3N2O/c1-4-7-19-13-6-5-11(15(16,17)18)8-12(13)14(21)20-9-10(2)3/h5-6,8,10,19H,4,7,9H2,1-3H3,(H,20,21). The number of hydrogen-bond acceptors (Lipinski definition) is 2. The molecular formula is C15H21F3N2O. The number of alkyl halides is 3. The summed E-state index contributed by atoms with van der Waals surface area (Å²) >= 11 is 0. The summed E-state index contributed by atoms with van der Waals surface area (Å²) in [5, 5.41) is 5.63. The van der Waals surface area contributed by atoms with Gasteiger partial charge in [-0.25, -0.2) is 0 Å². The van der Waals surface area contributed by atoms with Crippen LogP contribution in [0.3, 0.4) is 0 Å². The molecule has 0 aromatic heterocycles. The van der Waals surface area contributed by atoms with Crippen LogP contribution in [-0.4, -0.2) is 19.0 Å². The number of halogens is 3. The van der Waals surface area contributed by atoms with E-state index < -0.39 is 17.6 Å². The summed E-state index contributed by atoms with van der Waals surface area (Å²) in [5.41, 5.74) is -0.371. The topological polar surface area (TPSA) is 41.1 Å². The summed E-state index contributed by atoms with van der Waals surface area (Å²) in [5.74, 6) is -0.264. The first kappa shape index (κ1) is 17.3. The maximum absolute atomic E-state index is 12.8. The lowest BCUT2D eigenvalue weighted by Crippen LogP contribution is -2.28. The number of rotatable bonds is 6. The van der Waals surface area contributed by atoms with Gasteiger partial charge in [0.2, 0.25) is 0 Å². The molecule has 118 valence electrons. The second kappa shape index (κ2) is 7.33. The van der Waals surface area contributed by atoms with Crippen LogP contribution >= 0.6 is 0 Å². The summed E-state index contributed by atoms with van der Waals surface area (Å²) < 4.78 is 38.3. The molecule has 1 aromatic rings. The number of hydrogen-bond donors (Lipinski definition) is 2. The van der Waals surface area contributed by atoms with Crippen LogP contribution in [0, 0.1) is 5.92 Å². The molecule has 3 nitrogen and oxygen atoms in total. The molecule has 0 aliphatic heterocycles. The van der Waals surface area contributed by atoms with Crippen molar-refractivity contribution >= 4 is 11.6 Å². The molecule has 0 saturated heterocycles. The minimum Gasteiger partial charge on any atom is -0.384 e. The fourth-order valence-electron chi connectivity index (χ4n) is 1.71. The average molecular weight is 302 g/mol. The number of carbonyl (C=O) groups is 1. The SMILES string of the molecule is CCCNc1ccc(C(F)(F)F)cc1C(=O)NCC(C)C. The monoisotopic (exact) mass is 302 g/mol. The number of amides is 1. The van der Waals surface area contributed by atoms with Crippen LogP contribution in [0.2, 0.25) is 0 Å². The summed E-state index contributed by atoms with van der Waals surface area (Å²) in [7, 11) is 0. The smallest absolute Gasteiger partial charge is 0.384 e. The second-order valence-corrected chi connectivity index (χ2v) is 5.29. The first-order valence-electron chi connectivity index (χ1n) is 6.99. The highest BCUT2D eigenvalue weighted by Crippen LogP contribution is 2.31. The van der Waals surface area contributed by atoms with E-state index in [1.807, 2.05) is 20.8 Å². The van der Waals surface area contributed by atoms with E-state index in [1.54, 1.807) is 0 Å². The van der Waals surface area contributed by atoms with Crippen LogP contribution < -0.4 is 10.6 Å². The Labute approximate surface area is 122 Å². The Bertz CT molecular complexity index is 484. The van der Waals surface area contributed by atoms with Crippen LogP contribution in [0.1, 0.15) is 43.1 Å². The van der Waals surface area contributed by atoms with E-state index in [-0.39, 0.29) is 11.5 Å². The lowest BCUT2D eigenvalue weighted by atomic mass is 10.1. The molecular weight excluding hydrogens is 281 g/mol. The first-order chi connectivity index (χ1) is 9.75. The van der Waals surface area contributed by atoms with Gasteiger partial charge in [-0.15, -0.1) is 0 Å². The average Bonchev–Trinajstić information content (AvgIpc) is 2.41. The Balaban J connectivity index is 3.06. The zero-order chi connectivity index (χ0) is 16.0. The van der Waals surface area contributed by atoms with E-state index in [0.29, 0.717) is 18.8 Å². The highest BCUT2D eigenvalue weighted by atomic mass is 19.4. The first-order valence-corrected chi connectivity index (χ1v) is 6.99. The van der Waals surface area contributed by atoms with Crippen molar-refractivity contribution in [2.24, 2.45) is 5.92 Å². The maximum atomic E-state index is 12.8. The van der Waals surface area contributed by atoms with Crippen molar-refractivity contribution in [3.63, 3.8) is 0 Å². The molecule has 0 spiro atoms. The molecule has 0 aliphatic carbocycles. The summed E-state index contributed by atoms with van der Waals surface area (Å²) in [6, 6.07) is 3.19. The second-order valence-electron chi connectivity index (χ2n) is 5.29.